The maximum absolute atomic E-state index is 13.8. The topological polar surface area (TPSA) is 95.5 Å². The Kier molecular flexibility index (Phi) is 4.47. The molecule has 2 aromatic heterocycles. The lowest BCUT2D eigenvalue weighted by molar-refractivity contribution is -0.299. The molecule has 0 bridgehead atoms. The number of amides is 1. The molecule has 1 aromatic carbocycles. The Morgan fingerprint density at radius 3 is 2.56 bits per heavy atom. The summed E-state index contributed by atoms with van der Waals surface area (Å²) in [6.45, 7) is 0. The molecule has 0 fully saturated rings. The van der Waals surface area contributed by atoms with E-state index in [9.17, 15) is 19.1 Å². The Morgan fingerprint density at radius 2 is 1.88 bits per heavy atom. The summed E-state index contributed by atoms with van der Waals surface area (Å²) >= 11 is 0. The number of aliphatic carboxylic acids is 1. The SMILES string of the molecule is O=C([O-])/C(=C/c1ccc(-c2ccccc2F)o1)NC(=O)c1ccco1. The van der Waals surface area contributed by atoms with Crippen LogP contribution >= 0.6 is 0 Å². The molecule has 0 saturated carbocycles. The van der Waals surface area contributed by atoms with Gasteiger partial charge in [0.25, 0.3) is 5.91 Å². The monoisotopic (exact) mass is 340 g/mol. The smallest absolute Gasteiger partial charge is 0.291 e. The number of nitrogens with one attached hydrogen (secondary N) is 1. The summed E-state index contributed by atoms with van der Waals surface area (Å²) in [7, 11) is 0. The van der Waals surface area contributed by atoms with Crippen LogP contribution in [0.4, 0.5) is 4.39 Å². The van der Waals surface area contributed by atoms with Crippen molar-refractivity contribution in [3.8, 4) is 11.3 Å². The Morgan fingerprint density at radius 1 is 1.08 bits per heavy atom. The van der Waals surface area contributed by atoms with Gasteiger partial charge >= 0.3 is 0 Å². The molecule has 2 heterocycles. The molecule has 0 spiro atoms. The second-order valence-electron chi connectivity index (χ2n) is 4.96. The van der Waals surface area contributed by atoms with Crippen LogP contribution in [0.5, 0.6) is 0 Å². The Hall–Kier alpha value is -3.61. The van der Waals surface area contributed by atoms with E-state index in [1.807, 2.05) is 0 Å². The number of rotatable bonds is 5. The van der Waals surface area contributed by atoms with Crippen molar-refractivity contribution in [1.82, 2.24) is 5.32 Å². The van der Waals surface area contributed by atoms with Gasteiger partial charge in [0, 0.05) is 6.08 Å². The summed E-state index contributed by atoms with van der Waals surface area (Å²) in [6.07, 6.45) is 2.35. The molecular formula is C18H11FNO5-. The fourth-order valence-corrected chi connectivity index (χ4v) is 2.12. The van der Waals surface area contributed by atoms with E-state index in [1.165, 1.54) is 42.7 Å². The maximum Gasteiger partial charge on any atom is 0.291 e. The maximum atomic E-state index is 13.8. The van der Waals surface area contributed by atoms with Crippen LogP contribution in [-0.2, 0) is 4.79 Å². The van der Waals surface area contributed by atoms with Gasteiger partial charge in [0.2, 0.25) is 0 Å². The molecule has 0 aliphatic rings. The minimum absolute atomic E-state index is 0.0568. The zero-order chi connectivity index (χ0) is 17.8. The van der Waals surface area contributed by atoms with E-state index in [2.05, 4.69) is 5.32 Å². The van der Waals surface area contributed by atoms with Gasteiger partial charge in [-0.15, -0.1) is 0 Å². The molecule has 7 heteroatoms. The average molecular weight is 340 g/mol. The predicted octanol–water partition coefficient (Wildman–Crippen LogP) is 2.20. The number of furan rings is 2. The van der Waals surface area contributed by atoms with E-state index in [-0.39, 0.29) is 22.8 Å². The van der Waals surface area contributed by atoms with Crippen LogP contribution in [0.1, 0.15) is 16.3 Å². The fraction of sp³-hybridized carbons (Fsp3) is 0. The number of benzene rings is 1. The van der Waals surface area contributed by atoms with E-state index in [1.54, 1.807) is 12.1 Å². The number of hydrogen-bond acceptors (Lipinski definition) is 5. The van der Waals surface area contributed by atoms with Gasteiger partial charge in [-0.3, -0.25) is 4.79 Å². The first-order valence-corrected chi connectivity index (χ1v) is 7.17. The molecule has 3 aromatic rings. The zero-order valence-corrected chi connectivity index (χ0v) is 12.7. The molecule has 0 aliphatic carbocycles. The molecule has 25 heavy (non-hydrogen) atoms. The molecule has 0 saturated heterocycles. The zero-order valence-electron chi connectivity index (χ0n) is 12.7. The van der Waals surface area contributed by atoms with Crippen molar-refractivity contribution in [3.05, 3.63) is 77.8 Å². The van der Waals surface area contributed by atoms with Crippen molar-refractivity contribution in [2.24, 2.45) is 0 Å². The van der Waals surface area contributed by atoms with Gasteiger partial charge in [-0.05, 0) is 36.4 Å². The summed E-state index contributed by atoms with van der Waals surface area (Å²) in [4.78, 5) is 23.1. The van der Waals surface area contributed by atoms with Gasteiger partial charge in [0.1, 0.15) is 17.3 Å². The normalized spacial score (nSPS) is 11.3. The third-order valence-corrected chi connectivity index (χ3v) is 3.27. The van der Waals surface area contributed by atoms with E-state index >= 15 is 0 Å². The molecule has 0 atom stereocenters. The second-order valence-corrected chi connectivity index (χ2v) is 4.96. The van der Waals surface area contributed by atoms with Crippen LogP contribution in [0, 0.1) is 5.82 Å². The van der Waals surface area contributed by atoms with Crippen LogP contribution < -0.4 is 10.4 Å². The van der Waals surface area contributed by atoms with Crippen molar-refractivity contribution in [2.75, 3.05) is 0 Å². The van der Waals surface area contributed by atoms with E-state index in [0.29, 0.717) is 0 Å². The lowest BCUT2D eigenvalue weighted by Gasteiger charge is -2.08. The number of carboxylic acid groups (broad SMARTS) is 1. The average Bonchev–Trinajstić information content (AvgIpc) is 3.26. The van der Waals surface area contributed by atoms with Crippen LogP contribution in [-0.4, -0.2) is 11.9 Å². The third-order valence-electron chi connectivity index (χ3n) is 3.27. The Labute approximate surface area is 141 Å². The highest BCUT2D eigenvalue weighted by molar-refractivity contribution is 6.00. The van der Waals surface area contributed by atoms with Gasteiger partial charge in [-0.2, -0.15) is 0 Å². The summed E-state index contributed by atoms with van der Waals surface area (Å²) in [5.74, 6) is -2.56. The van der Waals surface area contributed by atoms with E-state index in [4.69, 9.17) is 8.83 Å². The second kappa shape index (κ2) is 6.88. The molecule has 126 valence electrons. The standard InChI is InChI=1S/C18H12FNO5/c19-13-5-2-1-4-12(13)15-8-7-11(25-15)10-14(18(22)23)20-17(21)16-6-3-9-24-16/h1-10H,(H,20,21)(H,22,23)/p-1/b14-10-. The summed E-state index contributed by atoms with van der Waals surface area (Å²) in [5, 5.41) is 13.4. The lowest BCUT2D eigenvalue weighted by atomic mass is 10.1. The molecule has 3 rings (SSSR count). The molecule has 0 aliphatic heterocycles. The highest BCUT2D eigenvalue weighted by Crippen LogP contribution is 2.25. The molecular weight excluding hydrogens is 329 g/mol. The third kappa shape index (κ3) is 3.66. The van der Waals surface area contributed by atoms with Crippen LogP contribution in [0.2, 0.25) is 0 Å². The largest absolute Gasteiger partial charge is 0.543 e. The van der Waals surface area contributed by atoms with Gasteiger partial charge in [-0.25, -0.2) is 4.39 Å². The number of carboxylic acids is 1. The van der Waals surface area contributed by atoms with Crippen molar-refractivity contribution in [2.45, 2.75) is 0 Å². The summed E-state index contributed by atoms with van der Waals surface area (Å²) in [5.41, 5.74) is -0.285. The lowest BCUT2D eigenvalue weighted by Crippen LogP contribution is -2.35. The molecule has 0 unspecified atom stereocenters. The molecule has 1 N–H and O–H groups in total. The first-order chi connectivity index (χ1) is 12.0. The quantitative estimate of drug-likeness (QED) is 0.718. The number of hydrogen-bond donors (Lipinski definition) is 1. The summed E-state index contributed by atoms with van der Waals surface area (Å²) < 4.78 is 24.1. The van der Waals surface area contributed by atoms with Crippen LogP contribution in [0.25, 0.3) is 17.4 Å². The molecule has 0 radical (unpaired) electrons. The number of carbonyl (C=O) groups is 2. The summed E-state index contributed by atoms with van der Waals surface area (Å²) in [6, 6.07) is 11.8. The van der Waals surface area contributed by atoms with E-state index in [0.717, 1.165) is 6.08 Å². The van der Waals surface area contributed by atoms with Gasteiger partial charge in [0.05, 0.1) is 23.5 Å². The van der Waals surface area contributed by atoms with Gasteiger partial charge in [0.15, 0.2) is 5.76 Å². The highest BCUT2D eigenvalue weighted by atomic mass is 19.1. The predicted molar refractivity (Wildman–Crippen MR) is 83.3 cm³/mol. The van der Waals surface area contributed by atoms with Crippen LogP contribution in [0.3, 0.4) is 0 Å². The highest BCUT2D eigenvalue weighted by Gasteiger charge is 2.13. The van der Waals surface area contributed by atoms with Gasteiger partial charge < -0.3 is 24.1 Å². The van der Waals surface area contributed by atoms with Crippen molar-refractivity contribution >= 4 is 18.0 Å². The Bertz CT molecular complexity index is 940. The first kappa shape index (κ1) is 16.3. The van der Waals surface area contributed by atoms with Crippen molar-refractivity contribution in [1.29, 1.82) is 0 Å². The molecule has 1 amide bonds. The van der Waals surface area contributed by atoms with E-state index < -0.39 is 23.4 Å². The van der Waals surface area contributed by atoms with Crippen molar-refractivity contribution in [3.63, 3.8) is 0 Å². The minimum Gasteiger partial charge on any atom is -0.543 e. The molecule has 6 nitrogen and oxygen atoms in total. The first-order valence-electron chi connectivity index (χ1n) is 7.17. The Balaban J connectivity index is 1.85. The fourth-order valence-electron chi connectivity index (χ4n) is 2.12. The van der Waals surface area contributed by atoms with Crippen molar-refractivity contribution < 1.29 is 27.9 Å². The number of carbonyl (C=O) groups excluding carboxylic acids is 2. The minimum atomic E-state index is -1.61. The van der Waals surface area contributed by atoms with Crippen LogP contribution in [0.15, 0.2) is 69.3 Å². The number of halogens is 1. The van der Waals surface area contributed by atoms with Gasteiger partial charge in [-0.1, -0.05) is 12.1 Å².